The van der Waals surface area contributed by atoms with E-state index < -0.39 is 6.10 Å². The highest BCUT2D eigenvalue weighted by atomic mass is 16.3. The van der Waals surface area contributed by atoms with Crippen LogP contribution in [0.3, 0.4) is 0 Å². The van der Waals surface area contributed by atoms with E-state index in [1.807, 2.05) is 44.2 Å². The third kappa shape index (κ3) is 6.25. The second kappa shape index (κ2) is 8.53. The van der Waals surface area contributed by atoms with Crippen LogP contribution in [0.25, 0.3) is 0 Å². The van der Waals surface area contributed by atoms with Gasteiger partial charge in [0, 0.05) is 13.1 Å². The minimum Gasteiger partial charge on any atom is -0.391 e. The molecule has 1 aromatic rings. The molecule has 19 heavy (non-hydrogen) atoms. The number of hydrogen-bond donors (Lipinski definition) is 3. The third-order valence-corrected chi connectivity index (χ3v) is 3.31. The second-order valence-electron chi connectivity index (χ2n) is 4.83. The molecule has 0 fully saturated rings. The molecule has 2 amide bonds. The Balaban J connectivity index is 2.15. The van der Waals surface area contributed by atoms with Crippen molar-refractivity contribution in [2.45, 2.75) is 32.8 Å². The van der Waals surface area contributed by atoms with E-state index in [2.05, 4.69) is 10.6 Å². The molecule has 0 spiro atoms. The molecule has 0 radical (unpaired) electrons. The first-order valence-electron chi connectivity index (χ1n) is 6.87. The highest BCUT2D eigenvalue weighted by molar-refractivity contribution is 5.73. The summed E-state index contributed by atoms with van der Waals surface area (Å²) in [5.74, 6) is 0.199. The number of hydrogen-bond acceptors (Lipinski definition) is 2. The van der Waals surface area contributed by atoms with Crippen LogP contribution in [0.1, 0.15) is 25.8 Å². The van der Waals surface area contributed by atoms with Gasteiger partial charge in [0.05, 0.1) is 6.10 Å². The molecule has 106 valence electrons. The maximum absolute atomic E-state index is 11.5. The number of nitrogens with one attached hydrogen (secondary N) is 2. The van der Waals surface area contributed by atoms with E-state index in [9.17, 15) is 9.90 Å². The molecule has 1 aromatic carbocycles. The molecule has 0 aliphatic rings. The summed E-state index contributed by atoms with van der Waals surface area (Å²) in [5, 5.41) is 15.2. The summed E-state index contributed by atoms with van der Waals surface area (Å²) in [5.41, 5.74) is 1.20. The van der Waals surface area contributed by atoms with E-state index in [-0.39, 0.29) is 11.9 Å². The monoisotopic (exact) mass is 264 g/mol. The number of amides is 2. The van der Waals surface area contributed by atoms with Crippen molar-refractivity contribution in [3.8, 4) is 0 Å². The Labute approximate surface area is 115 Å². The summed E-state index contributed by atoms with van der Waals surface area (Å²) in [4.78, 5) is 11.5. The lowest BCUT2D eigenvalue weighted by Crippen LogP contribution is -2.42. The number of carbonyl (C=O) groups excluding carboxylic acids is 1. The van der Waals surface area contributed by atoms with E-state index in [1.54, 1.807) is 0 Å². The van der Waals surface area contributed by atoms with Crippen LogP contribution in [0.2, 0.25) is 0 Å². The minimum atomic E-state index is -0.482. The number of aliphatic hydroxyl groups excluding tert-OH is 1. The molecular formula is C15H24N2O2. The van der Waals surface area contributed by atoms with Crippen molar-refractivity contribution >= 4 is 6.03 Å². The molecule has 0 aromatic heterocycles. The van der Waals surface area contributed by atoms with Gasteiger partial charge in [-0.1, -0.05) is 50.6 Å². The first-order valence-corrected chi connectivity index (χ1v) is 6.87. The van der Waals surface area contributed by atoms with Crippen molar-refractivity contribution in [2.24, 2.45) is 5.92 Å². The summed E-state index contributed by atoms with van der Waals surface area (Å²) < 4.78 is 0. The van der Waals surface area contributed by atoms with Gasteiger partial charge in [-0.2, -0.15) is 0 Å². The molecule has 0 saturated heterocycles. The molecule has 2 atom stereocenters. The molecule has 0 saturated carbocycles. The fourth-order valence-corrected chi connectivity index (χ4v) is 1.70. The summed E-state index contributed by atoms with van der Waals surface area (Å²) in [6.45, 7) is 4.88. The Morgan fingerprint density at radius 2 is 1.95 bits per heavy atom. The van der Waals surface area contributed by atoms with Crippen LogP contribution < -0.4 is 10.6 Å². The van der Waals surface area contributed by atoms with Gasteiger partial charge in [-0.15, -0.1) is 0 Å². The minimum absolute atomic E-state index is 0.199. The topological polar surface area (TPSA) is 61.4 Å². The Bertz CT molecular complexity index is 368. The average Bonchev–Trinajstić information content (AvgIpc) is 2.45. The molecule has 2 unspecified atom stereocenters. The van der Waals surface area contributed by atoms with Crippen molar-refractivity contribution in [2.75, 3.05) is 13.1 Å². The van der Waals surface area contributed by atoms with Crippen LogP contribution in [0.5, 0.6) is 0 Å². The maximum atomic E-state index is 11.5. The Kier molecular flexibility index (Phi) is 6.97. The van der Waals surface area contributed by atoms with E-state index >= 15 is 0 Å². The van der Waals surface area contributed by atoms with Crippen molar-refractivity contribution in [3.63, 3.8) is 0 Å². The van der Waals surface area contributed by atoms with Crippen LogP contribution in [-0.2, 0) is 6.42 Å². The van der Waals surface area contributed by atoms with E-state index in [1.165, 1.54) is 5.56 Å². The lowest BCUT2D eigenvalue weighted by atomic mass is 10.0. The predicted octanol–water partition coefficient (Wildman–Crippen LogP) is 1.94. The number of urea groups is 1. The molecule has 0 aliphatic carbocycles. The fraction of sp³-hybridized carbons (Fsp3) is 0.533. The smallest absolute Gasteiger partial charge is 0.314 e. The molecule has 0 aliphatic heterocycles. The fourth-order valence-electron chi connectivity index (χ4n) is 1.70. The van der Waals surface area contributed by atoms with Crippen LogP contribution in [0.4, 0.5) is 4.79 Å². The molecule has 4 heteroatoms. The Hall–Kier alpha value is -1.55. The van der Waals surface area contributed by atoms with Crippen molar-refractivity contribution in [1.82, 2.24) is 10.6 Å². The number of benzene rings is 1. The van der Waals surface area contributed by atoms with Crippen LogP contribution >= 0.6 is 0 Å². The lowest BCUT2D eigenvalue weighted by molar-refractivity contribution is 0.114. The summed E-state index contributed by atoms with van der Waals surface area (Å²) in [7, 11) is 0. The quantitative estimate of drug-likeness (QED) is 0.705. The predicted molar refractivity (Wildman–Crippen MR) is 77.0 cm³/mol. The molecule has 3 N–H and O–H groups in total. The zero-order chi connectivity index (χ0) is 14.1. The summed E-state index contributed by atoms with van der Waals surface area (Å²) in [6, 6.07) is 9.78. The third-order valence-electron chi connectivity index (χ3n) is 3.31. The van der Waals surface area contributed by atoms with Gasteiger partial charge in [0.1, 0.15) is 0 Å². The van der Waals surface area contributed by atoms with E-state index in [0.29, 0.717) is 13.1 Å². The van der Waals surface area contributed by atoms with Gasteiger partial charge >= 0.3 is 6.03 Å². The first-order chi connectivity index (χ1) is 9.13. The van der Waals surface area contributed by atoms with Gasteiger partial charge in [-0.3, -0.25) is 0 Å². The van der Waals surface area contributed by atoms with Crippen molar-refractivity contribution < 1.29 is 9.90 Å². The van der Waals surface area contributed by atoms with Gasteiger partial charge in [0.25, 0.3) is 0 Å². The highest BCUT2D eigenvalue weighted by Crippen LogP contribution is 2.05. The van der Waals surface area contributed by atoms with Crippen LogP contribution in [-0.4, -0.2) is 30.3 Å². The molecule has 0 bridgehead atoms. The molecular weight excluding hydrogens is 240 g/mol. The van der Waals surface area contributed by atoms with Crippen LogP contribution in [0.15, 0.2) is 30.3 Å². The zero-order valence-corrected chi connectivity index (χ0v) is 11.7. The molecule has 4 nitrogen and oxygen atoms in total. The summed E-state index contributed by atoms with van der Waals surface area (Å²) in [6.07, 6.45) is 1.23. The summed E-state index contributed by atoms with van der Waals surface area (Å²) >= 11 is 0. The van der Waals surface area contributed by atoms with E-state index in [4.69, 9.17) is 0 Å². The SMILES string of the molecule is CCC(C)C(O)CNC(=O)NCCc1ccccc1. The van der Waals surface area contributed by atoms with Crippen molar-refractivity contribution in [1.29, 1.82) is 0 Å². The second-order valence-corrected chi connectivity index (χ2v) is 4.83. The lowest BCUT2D eigenvalue weighted by Gasteiger charge is -2.17. The molecule has 0 heterocycles. The van der Waals surface area contributed by atoms with E-state index in [0.717, 1.165) is 12.8 Å². The van der Waals surface area contributed by atoms with Crippen molar-refractivity contribution in [3.05, 3.63) is 35.9 Å². The number of aliphatic hydroxyl groups is 1. The standard InChI is InChI=1S/C15H24N2O2/c1-3-12(2)14(18)11-17-15(19)16-10-9-13-7-5-4-6-8-13/h4-8,12,14,18H,3,9-11H2,1-2H3,(H2,16,17,19). The molecule has 1 rings (SSSR count). The normalized spacial score (nSPS) is 13.6. The van der Waals surface area contributed by atoms with Gasteiger partial charge in [0.2, 0.25) is 0 Å². The zero-order valence-electron chi connectivity index (χ0n) is 11.7. The highest BCUT2D eigenvalue weighted by Gasteiger charge is 2.12. The Morgan fingerprint density at radius 3 is 2.58 bits per heavy atom. The first kappa shape index (κ1) is 15.5. The largest absolute Gasteiger partial charge is 0.391 e. The van der Waals surface area contributed by atoms with Crippen LogP contribution in [0, 0.1) is 5.92 Å². The average molecular weight is 264 g/mol. The van der Waals surface area contributed by atoms with Gasteiger partial charge in [-0.25, -0.2) is 4.79 Å². The van der Waals surface area contributed by atoms with Gasteiger partial charge in [0.15, 0.2) is 0 Å². The number of rotatable bonds is 7. The Morgan fingerprint density at radius 1 is 1.26 bits per heavy atom. The van der Waals surface area contributed by atoms with Gasteiger partial charge in [-0.05, 0) is 17.9 Å². The maximum Gasteiger partial charge on any atom is 0.314 e. The van der Waals surface area contributed by atoms with Gasteiger partial charge < -0.3 is 15.7 Å². The number of carbonyl (C=O) groups is 1.